The van der Waals surface area contributed by atoms with Crippen LogP contribution in [0.2, 0.25) is 0 Å². The normalized spacial score (nSPS) is 15.2. The zero-order valence-electron chi connectivity index (χ0n) is 16.4. The van der Waals surface area contributed by atoms with E-state index in [1.54, 1.807) is 24.3 Å². The Morgan fingerprint density at radius 3 is 2.45 bits per heavy atom. The summed E-state index contributed by atoms with van der Waals surface area (Å²) in [5.41, 5.74) is 4.25. The van der Waals surface area contributed by atoms with Gasteiger partial charge in [0.1, 0.15) is 0 Å². The molecule has 0 bridgehead atoms. The van der Waals surface area contributed by atoms with Crippen molar-refractivity contribution in [3.8, 4) is 17.2 Å². The minimum absolute atomic E-state index is 0.0868. The third-order valence-corrected chi connectivity index (χ3v) is 5.01. The molecule has 0 aliphatic carbocycles. The van der Waals surface area contributed by atoms with E-state index >= 15 is 0 Å². The summed E-state index contributed by atoms with van der Waals surface area (Å²) in [6, 6.07) is 14.7. The van der Waals surface area contributed by atoms with Crippen LogP contribution in [0.3, 0.4) is 0 Å². The molecule has 7 nitrogen and oxygen atoms in total. The lowest BCUT2D eigenvalue weighted by Gasteiger charge is -2.18. The van der Waals surface area contributed by atoms with E-state index < -0.39 is 0 Å². The topological polar surface area (TPSA) is 78.6 Å². The summed E-state index contributed by atoms with van der Waals surface area (Å²) in [4.78, 5) is 10.6. The molecular weight excluding hydrogens is 370 g/mol. The zero-order valence-corrected chi connectivity index (χ0v) is 16.4. The van der Waals surface area contributed by atoms with Crippen molar-refractivity contribution in [1.82, 2.24) is 9.88 Å². The lowest BCUT2D eigenvalue weighted by atomic mass is 10.0. The second kappa shape index (κ2) is 7.97. The van der Waals surface area contributed by atoms with Crippen LogP contribution in [0.5, 0.6) is 11.5 Å². The van der Waals surface area contributed by atoms with Gasteiger partial charge in [0.15, 0.2) is 11.5 Å². The predicted octanol–water partition coefficient (Wildman–Crippen LogP) is 4.38. The Morgan fingerprint density at radius 1 is 1.10 bits per heavy atom. The molecule has 0 spiro atoms. The molecule has 2 aromatic carbocycles. The molecule has 1 aliphatic heterocycles. The van der Waals surface area contributed by atoms with Gasteiger partial charge in [-0.2, -0.15) is 0 Å². The largest absolute Gasteiger partial charge is 0.490 e. The van der Waals surface area contributed by atoms with Gasteiger partial charge in [-0.1, -0.05) is 12.1 Å². The smallest absolute Gasteiger partial charge is 0.269 e. The SMILES string of the molecule is CCOc1cc2c(cc1OCC)-n1cccc1[C@H](c1ccc([N+](=O)[O-])cc1)NC2. The Kier molecular flexibility index (Phi) is 5.22. The highest BCUT2D eigenvalue weighted by Gasteiger charge is 2.25. The minimum atomic E-state index is -0.382. The highest BCUT2D eigenvalue weighted by molar-refractivity contribution is 5.56. The van der Waals surface area contributed by atoms with Gasteiger partial charge in [0.05, 0.1) is 29.9 Å². The molecule has 0 unspecified atom stereocenters. The molecule has 29 heavy (non-hydrogen) atoms. The molecular formula is C22H23N3O4. The lowest BCUT2D eigenvalue weighted by molar-refractivity contribution is -0.384. The maximum absolute atomic E-state index is 11.0. The molecule has 3 aromatic rings. The predicted molar refractivity (Wildman–Crippen MR) is 110 cm³/mol. The number of rotatable bonds is 6. The van der Waals surface area contributed by atoms with Crippen LogP contribution in [-0.4, -0.2) is 22.7 Å². The van der Waals surface area contributed by atoms with Gasteiger partial charge in [0.2, 0.25) is 0 Å². The Hall–Kier alpha value is -3.32. The van der Waals surface area contributed by atoms with E-state index in [1.807, 2.05) is 38.2 Å². The summed E-state index contributed by atoms with van der Waals surface area (Å²) in [7, 11) is 0. The summed E-state index contributed by atoms with van der Waals surface area (Å²) in [5, 5.41) is 14.6. The number of nitrogens with one attached hydrogen (secondary N) is 1. The summed E-state index contributed by atoms with van der Waals surface area (Å²) < 4.78 is 13.7. The number of hydrogen-bond donors (Lipinski definition) is 1. The van der Waals surface area contributed by atoms with E-state index in [1.165, 1.54) is 0 Å². The van der Waals surface area contributed by atoms with Gasteiger partial charge in [-0.05, 0) is 43.2 Å². The molecule has 1 aromatic heterocycles. The second-order valence-electron chi connectivity index (χ2n) is 6.76. The van der Waals surface area contributed by atoms with Gasteiger partial charge in [-0.15, -0.1) is 0 Å². The molecule has 0 fully saturated rings. The number of nitrogens with zero attached hydrogens (tertiary/aromatic N) is 2. The van der Waals surface area contributed by atoms with E-state index in [0.717, 1.165) is 34.0 Å². The van der Waals surface area contributed by atoms with Gasteiger partial charge in [-0.25, -0.2) is 0 Å². The van der Waals surface area contributed by atoms with Crippen molar-refractivity contribution in [3.05, 3.63) is 81.7 Å². The standard InChI is InChI=1S/C22H23N3O4/c1-3-28-20-12-16-14-23-22(15-7-9-17(10-8-15)25(26)27)18-6-5-11-24(18)19(16)13-21(20)29-4-2/h5-13,22-23H,3-4,14H2,1-2H3/t22-/m0/s1. The quantitative estimate of drug-likeness (QED) is 0.497. The number of fused-ring (bicyclic) bond motifs is 3. The van der Waals surface area contributed by atoms with E-state index in [2.05, 4.69) is 16.0 Å². The summed E-state index contributed by atoms with van der Waals surface area (Å²) in [6.45, 7) is 5.65. The Labute approximate surface area is 169 Å². The van der Waals surface area contributed by atoms with Crippen LogP contribution in [0.15, 0.2) is 54.7 Å². The molecule has 1 atom stereocenters. The number of nitro groups is 1. The fourth-order valence-corrected chi connectivity index (χ4v) is 3.74. The highest BCUT2D eigenvalue weighted by Crippen LogP contribution is 2.37. The molecule has 1 N–H and O–H groups in total. The molecule has 0 radical (unpaired) electrons. The monoisotopic (exact) mass is 393 g/mol. The van der Waals surface area contributed by atoms with Crippen molar-refractivity contribution in [1.29, 1.82) is 0 Å². The third-order valence-electron chi connectivity index (χ3n) is 5.01. The molecule has 0 saturated heterocycles. The molecule has 4 rings (SSSR count). The maximum Gasteiger partial charge on any atom is 0.269 e. The molecule has 150 valence electrons. The van der Waals surface area contributed by atoms with Crippen molar-refractivity contribution in [2.75, 3.05) is 13.2 Å². The lowest BCUT2D eigenvalue weighted by Crippen LogP contribution is -2.21. The number of hydrogen-bond acceptors (Lipinski definition) is 5. The molecule has 1 aliphatic rings. The average Bonchev–Trinajstić information content (AvgIpc) is 3.14. The Balaban J connectivity index is 1.77. The zero-order chi connectivity index (χ0) is 20.4. The van der Waals surface area contributed by atoms with Gasteiger partial charge < -0.3 is 19.4 Å². The molecule has 7 heteroatoms. The van der Waals surface area contributed by atoms with Crippen molar-refractivity contribution in [3.63, 3.8) is 0 Å². The first-order valence-electron chi connectivity index (χ1n) is 9.70. The first-order valence-corrected chi connectivity index (χ1v) is 9.70. The van der Waals surface area contributed by atoms with Crippen LogP contribution in [0.1, 0.15) is 36.7 Å². The summed E-state index contributed by atoms with van der Waals surface area (Å²) in [5.74, 6) is 1.46. The number of benzene rings is 2. The van der Waals surface area contributed by atoms with Crippen LogP contribution < -0.4 is 14.8 Å². The van der Waals surface area contributed by atoms with Gasteiger partial charge in [0.25, 0.3) is 5.69 Å². The van der Waals surface area contributed by atoms with E-state index in [0.29, 0.717) is 19.8 Å². The van der Waals surface area contributed by atoms with E-state index in [-0.39, 0.29) is 16.7 Å². The van der Waals surface area contributed by atoms with Gasteiger partial charge in [-0.3, -0.25) is 10.1 Å². The number of nitro benzene ring substituents is 1. The van der Waals surface area contributed by atoms with Gasteiger partial charge in [0, 0.05) is 36.6 Å². The fraction of sp³-hybridized carbons (Fsp3) is 0.273. The van der Waals surface area contributed by atoms with Crippen LogP contribution in [0, 0.1) is 10.1 Å². The first-order chi connectivity index (χ1) is 14.1. The van der Waals surface area contributed by atoms with Crippen LogP contribution in [-0.2, 0) is 6.54 Å². The number of ether oxygens (including phenoxy) is 2. The van der Waals surface area contributed by atoms with Crippen molar-refractivity contribution < 1.29 is 14.4 Å². The summed E-state index contributed by atoms with van der Waals surface area (Å²) >= 11 is 0. The number of non-ortho nitro benzene ring substituents is 1. The molecule has 0 saturated carbocycles. The van der Waals surface area contributed by atoms with Gasteiger partial charge >= 0.3 is 0 Å². The summed E-state index contributed by atoms with van der Waals surface area (Å²) in [6.07, 6.45) is 2.02. The van der Waals surface area contributed by atoms with Crippen LogP contribution >= 0.6 is 0 Å². The van der Waals surface area contributed by atoms with Crippen LogP contribution in [0.25, 0.3) is 5.69 Å². The number of aromatic nitrogens is 1. The van der Waals surface area contributed by atoms with Crippen molar-refractivity contribution in [2.45, 2.75) is 26.4 Å². The Bertz CT molecular complexity index is 1030. The maximum atomic E-state index is 11.0. The highest BCUT2D eigenvalue weighted by atomic mass is 16.6. The second-order valence-corrected chi connectivity index (χ2v) is 6.76. The average molecular weight is 393 g/mol. The molecule has 2 heterocycles. The van der Waals surface area contributed by atoms with E-state index in [9.17, 15) is 10.1 Å². The van der Waals surface area contributed by atoms with Crippen molar-refractivity contribution in [2.24, 2.45) is 0 Å². The van der Waals surface area contributed by atoms with E-state index in [4.69, 9.17) is 9.47 Å². The fourth-order valence-electron chi connectivity index (χ4n) is 3.74. The molecule has 0 amide bonds. The van der Waals surface area contributed by atoms with Crippen LogP contribution in [0.4, 0.5) is 5.69 Å². The van der Waals surface area contributed by atoms with Crippen molar-refractivity contribution >= 4 is 5.69 Å². The third kappa shape index (κ3) is 3.56. The minimum Gasteiger partial charge on any atom is -0.490 e. The Morgan fingerprint density at radius 2 is 1.79 bits per heavy atom. The first kappa shape index (κ1) is 19.0.